The maximum Gasteiger partial charge on any atom is 0.259 e. The van der Waals surface area contributed by atoms with E-state index in [1.165, 1.54) is 0 Å². The number of thiazole rings is 1. The van der Waals surface area contributed by atoms with E-state index in [-0.39, 0.29) is 5.91 Å². The molecule has 0 spiro atoms. The predicted octanol–water partition coefficient (Wildman–Crippen LogP) is 6.05. The molecule has 1 heterocycles. The highest BCUT2D eigenvalue weighted by molar-refractivity contribution is 8.01. The lowest BCUT2D eigenvalue weighted by atomic mass is 10.2. The van der Waals surface area contributed by atoms with Crippen molar-refractivity contribution in [3.63, 3.8) is 0 Å². The van der Waals surface area contributed by atoms with Crippen LogP contribution in [0.2, 0.25) is 0 Å². The number of nitrogens with zero attached hydrogens (tertiary/aromatic N) is 1. The molecule has 170 valence electrons. The average molecular weight is 481 g/mol. The third-order valence-corrected chi connectivity index (χ3v) is 6.99. The lowest BCUT2D eigenvalue weighted by Crippen LogP contribution is -2.12. The van der Waals surface area contributed by atoms with Crippen LogP contribution >= 0.6 is 23.1 Å². The standard InChI is InChI=1S/C25H24N2O4S2/c1-16-8-11-21(22(14-16)30-3)31-12-13-32-25-27-19-10-9-17(15-23(19)33-25)26-24(28)18-6-4-5-7-20(18)29-2/h4-11,14-15H,12-13H2,1-3H3,(H,26,28). The monoisotopic (exact) mass is 480 g/mol. The van der Waals surface area contributed by atoms with Crippen LogP contribution < -0.4 is 19.5 Å². The lowest BCUT2D eigenvalue weighted by Gasteiger charge is -2.10. The molecule has 0 saturated carbocycles. The Labute approximate surface area is 200 Å². The van der Waals surface area contributed by atoms with Gasteiger partial charge in [-0.2, -0.15) is 0 Å². The summed E-state index contributed by atoms with van der Waals surface area (Å²) >= 11 is 3.23. The van der Waals surface area contributed by atoms with Crippen molar-refractivity contribution >= 4 is 44.9 Å². The van der Waals surface area contributed by atoms with Crippen LogP contribution in [0.5, 0.6) is 17.2 Å². The number of amides is 1. The number of benzene rings is 3. The number of para-hydroxylation sites is 1. The molecule has 0 aliphatic carbocycles. The van der Waals surface area contributed by atoms with Crippen molar-refractivity contribution in [2.45, 2.75) is 11.3 Å². The molecule has 6 nitrogen and oxygen atoms in total. The third-order valence-electron chi connectivity index (χ3n) is 4.86. The molecule has 3 aromatic carbocycles. The highest BCUT2D eigenvalue weighted by atomic mass is 32.2. The maximum absolute atomic E-state index is 12.7. The summed E-state index contributed by atoms with van der Waals surface area (Å²) in [5.41, 5.74) is 3.24. The highest BCUT2D eigenvalue weighted by Gasteiger charge is 2.13. The molecule has 1 amide bonds. The summed E-state index contributed by atoms with van der Waals surface area (Å²) in [6, 6.07) is 18.8. The van der Waals surface area contributed by atoms with Crippen molar-refractivity contribution in [3.8, 4) is 17.2 Å². The number of hydrogen-bond acceptors (Lipinski definition) is 7. The van der Waals surface area contributed by atoms with Gasteiger partial charge < -0.3 is 19.5 Å². The number of aryl methyl sites for hydroxylation is 1. The van der Waals surface area contributed by atoms with E-state index >= 15 is 0 Å². The van der Waals surface area contributed by atoms with Crippen molar-refractivity contribution in [1.82, 2.24) is 4.98 Å². The summed E-state index contributed by atoms with van der Waals surface area (Å²) in [6.45, 7) is 2.56. The Hall–Kier alpha value is -3.23. The van der Waals surface area contributed by atoms with Gasteiger partial charge in [-0.05, 0) is 55.0 Å². The van der Waals surface area contributed by atoms with Crippen molar-refractivity contribution < 1.29 is 19.0 Å². The molecule has 8 heteroatoms. The Morgan fingerprint density at radius 3 is 2.64 bits per heavy atom. The first-order valence-corrected chi connectivity index (χ1v) is 12.1. The molecule has 0 saturated heterocycles. The van der Waals surface area contributed by atoms with Gasteiger partial charge in [0, 0.05) is 11.4 Å². The predicted molar refractivity (Wildman–Crippen MR) is 135 cm³/mol. The fraction of sp³-hybridized carbons (Fsp3) is 0.200. The molecule has 0 aliphatic heterocycles. The summed E-state index contributed by atoms with van der Waals surface area (Å²) in [6.07, 6.45) is 0. The van der Waals surface area contributed by atoms with Gasteiger partial charge in [-0.15, -0.1) is 11.3 Å². The summed E-state index contributed by atoms with van der Waals surface area (Å²) < 4.78 is 18.5. The van der Waals surface area contributed by atoms with Gasteiger partial charge in [0.2, 0.25) is 0 Å². The Kier molecular flexibility index (Phi) is 7.36. The smallest absolute Gasteiger partial charge is 0.259 e. The summed E-state index contributed by atoms with van der Waals surface area (Å²) in [5.74, 6) is 2.56. The molecule has 1 N–H and O–H groups in total. The van der Waals surface area contributed by atoms with E-state index in [0.29, 0.717) is 23.6 Å². The van der Waals surface area contributed by atoms with Gasteiger partial charge >= 0.3 is 0 Å². The van der Waals surface area contributed by atoms with Gasteiger partial charge in [0.15, 0.2) is 15.8 Å². The first kappa shape index (κ1) is 22.9. The Bertz CT molecular complexity index is 1270. The fourth-order valence-corrected chi connectivity index (χ4v) is 5.24. The van der Waals surface area contributed by atoms with E-state index in [2.05, 4.69) is 10.3 Å². The first-order chi connectivity index (χ1) is 16.1. The van der Waals surface area contributed by atoms with Crippen LogP contribution in [0.4, 0.5) is 5.69 Å². The first-order valence-electron chi connectivity index (χ1n) is 10.3. The van der Waals surface area contributed by atoms with Crippen LogP contribution in [0.1, 0.15) is 15.9 Å². The zero-order chi connectivity index (χ0) is 23.2. The van der Waals surface area contributed by atoms with Crippen molar-refractivity contribution in [2.75, 3.05) is 31.9 Å². The molecular weight excluding hydrogens is 456 g/mol. The molecule has 33 heavy (non-hydrogen) atoms. The van der Waals surface area contributed by atoms with Crippen molar-refractivity contribution in [2.24, 2.45) is 0 Å². The minimum atomic E-state index is -0.213. The molecule has 1 aromatic heterocycles. The fourth-order valence-electron chi connectivity index (χ4n) is 3.25. The molecule has 4 aromatic rings. The largest absolute Gasteiger partial charge is 0.496 e. The minimum absolute atomic E-state index is 0.213. The minimum Gasteiger partial charge on any atom is -0.496 e. The van der Waals surface area contributed by atoms with Gasteiger partial charge in [-0.3, -0.25) is 4.79 Å². The van der Waals surface area contributed by atoms with Crippen molar-refractivity contribution in [1.29, 1.82) is 0 Å². The Morgan fingerprint density at radius 1 is 1.00 bits per heavy atom. The van der Waals surface area contributed by atoms with Crippen LogP contribution in [0.25, 0.3) is 10.2 Å². The molecule has 0 unspecified atom stereocenters. The topological polar surface area (TPSA) is 69.7 Å². The number of fused-ring (bicyclic) bond motifs is 1. The Morgan fingerprint density at radius 2 is 1.82 bits per heavy atom. The molecule has 4 rings (SSSR count). The van der Waals surface area contributed by atoms with Crippen LogP contribution in [0.3, 0.4) is 0 Å². The second kappa shape index (κ2) is 10.6. The van der Waals surface area contributed by atoms with Crippen LogP contribution in [0, 0.1) is 6.92 Å². The number of carbonyl (C=O) groups is 1. The summed E-state index contributed by atoms with van der Waals surface area (Å²) in [4.78, 5) is 17.3. The van der Waals surface area contributed by atoms with Gasteiger partial charge in [0.25, 0.3) is 5.91 Å². The van der Waals surface area contributed by atoms with Gasteiger partial charge in [0.1, 0.15) is 5.75 Å². The van der Waals surface area contributed by atoms with E-state index in [1.54, 1.807) is 49.5 Å². The highest BCUT2D eigenvalue weighted by Crippen LogP contribution is 2.32. The van der Waals surface area contributed by atoms with E-state index in [0.717, 1.165) is 37.4 Å². The summed E-state index contributed by atoms with van der Waals surface area (Å²) in [5, 5.41) is 2.94. The zero-order valence-corrected chi connectivity index (χ0v) is 20.2. The van der Waals surface area contributed by atoms with E-state index < -0.39 is 0 Å². The summed E-state index contributed by atoms with van der Waals surface area (Å²) in [7, 11) is 3.20. The second-order valence-electron chi connectivity index (χ2n) is 7.17. The average Bonchev–Trinajstić information content (AvgIpc) is 3.24. The quantitative estimate of drug-likeness (QED) is 0.232. The number of nitrogens with one attached hydrogen (secondary N) is 1. The number of ether oxygens (including phenoxy) is 3. The van der Waals surface area contributed by atoms with Crippen LogP contribution in [0.15, 0.2) is 65.0 Å². The number of hydrogen-bond donors (Lipinski definition) is 1. The van der Waals surface area contributed by atoms with Gasteiger partial charge in [-0.25, -0.2) is 4.98 Å². The van der Waals surface area contributed by atoms with Gasteiger partial charge in [0.05, 0.1) is 36.6 Å². The Balaban J connectivity index is 1.36. The van der Waals surface area contributed by atoms with Crippen LogP contribution in [-0.4, -0.2) is 37.5 Å². The van der Waals surface area contributed by atoms with Crippen LogP contribution in [-0.2, 0) is 0 Å². The molecule has 0 bridgehead atoms. The normalized spacial score (nSPS) is 10.8. The zero-order valence-electron chi connectivity index (χ0n) is 18.6. The second-order valence-corrected chi connectivity index (χ2v) is 9.54. The van der Waals surface area contributed by atoms with Crippen molar-refractivity contribution in [3.05, 3.63) is 71.8 Å². The SMILES string of the molecule is COc1cc(C)ccc1OCCSc1nc2ccc(NC(=O)c3ccccc3OC)cc2s1. The molecule has 0 radical (unpaired) electrons. The molecule has 0 fully saturated rings. The molecule has 0 atom stereocenters. The number of methoxy groups -OCH3 is 2. The number of carbonyl (C=O) groups excluding carboxylic acids is 1. The van der Waals surface area contributed by atoms with E-state index in [9.17, 15) is 4.79 Å². The third kappa shape index (κ3) is 5.58. The number of thioether (sulfide) groups is 1. The molecular formula is C25H24N2O4S2. The lowest BCUT2D eigenvalue weighted by molar-refractivity contribution is 0.102. The van der Waals surface area contributed by atoms with E-state index in [4.69, 9.17) is 14.2 Å². The van der Waals surface area contributed by atoms with Gasteiger partial charge in [-0.1, -0.05) is 30.0 Å². The number of anilines is 1. The maximum atomic E-state index is 12.7. The molecule has 0 aliphatic rings. The number of aromatic nitrogens is 1. The van der Waals surface area contributed by atoms with E-state index in [1.807, 2.05) is 55.5 Å². The number of rotatable bonds is 9.